The van der Waals surface area contributed by atoms with Gasteiger partial charge in [-0.3, -0.25) is 0 Å². The van der Waals surface area contributed by atoms with E-state index >= 15 is 0 Å². The second kappa shape index (κ2) is 9.30. The molecule has 1 heterocycles. The van der Waals surface area contributed by atoms with E-state index in [0.29, 0.717) is 11.1 Å². The molecule has 0 aliphatic rings. The van der Waals surface area contributed by atoms with Gasteiger partial charge in [0.15, 0.2) is 0 Å². The molecule has 120 valence electrons. The van der Waals surface area contributed by atoms with Crippen LogP contribution in [0.15, 0.2) is 23.4 Å². The zero-order valence-corrected chi connectivity index (χ0v) is 13.4. The van der Waals surface area contributed by atoms with Gasteiger partial charge < -0.3 is 5.32 Å². The number of aromatic nitrogens is 1. The summed E-state index contributed by atoms with van der Waals surface area (Å²) in [5.74, 6) is 0.888. The number of pyridine rings is 1. The first-order valence-corrected chi connectivity index (χ1v) is 8.31. The van der Waals surface area contributed by atoms with Gasteiger partial charge in [0.1, 0.15) is 0 Å². The van der Waals surface area contributed by atoms with Crippen molar-refractivity contribution in [3.8, 4) is 0 Å². The number of nitrogens with zero attached hydrogens (tertiary/aromatic N) is 1. The lowest BCUT2D eigenvalue weighted by Crippen LogP contribution is -2.26. The summed E-state index contributed by atoms with van der Waals surface area (Å²) in [6, 6.07) is 3.06. The molecule has 1 atom stereocenters. The number of nitrogens with one attached hydrogen (secondary N) is 1. The van der Waals surface area contributed by atoms with Gasteiger partial charge in [0.2, 0.25) is 0 Å². The smallest absolute Gasteiger partial charge is 0.314 e. The van der Waals surface area contributed by atoms with Crippen LogP contribution in [0.25, 0.3) is 0 Å². The predicted octanol–water partition coefficient (Wildman–Crippen LogP) is 4.75. The maximum atomic E-state index is 12.4. The Bertz CT molecular complexity index is 393. The maximum Gasteiger partial charge on any atom is 0.417 e. The lowest BCUT2D eigenvalue weighted by molar-refractivity contribution is -0.137. The molecule has 6 heteroatoms. The van der Waals surface area contributed by atoms with Crippen molar-refractivity contribution in [1.82, 2.24) is 10.3 Å². The van der Waals surface area contributed by atoms with Gasteiger partial charge in [-0.1, -0.05) is 13.3 Å². The highest BCUT2D eigenvalue weighted by Gasteiger charge is 2.30. The number of halogens is 3. The summed E-state index contributed by atoms with van der Waals surface area (Å²) in [4.78, 5) is 3.85. The van der Waals surface area contributed by atoms with Crippen molar-refractivity contribution in [1.29, 1.82) is 0 Å². The zero-order valence-electron chi connectivity index (χ0n) is 12.5. The van der Waals surface area contributed by atoms with Crippen molar-refractivity contribution in [2.45, 2.75) is 56.8 Å². The average molecular weight is 320 g/mol. The third-order valence-electron chi connectivity index (χ3n) is 3.09. The molecular formula is C15H23F3N2S. The van der Waals surface area contributed by atoms with E-state index in [0.717, 1.165) is 50.2 Å². The van der Waals surface area contributed by atoms with Gasteiger partial charge in [-0.25, -0.2) is 4.98 Å². The molecule has 0 saturated carbocycles. The number of hydrogen-bond acceptors (Lipinski definition) is 3. The molecule has 0 aromatic carbocycles. The summed E-state index contributed by atoms with van der Waals surface area (Å²) in [7, 11) is 0. The summed E-state index contributed by atoms with van der Waals surface area (Å²) in [5, 5.41) is 4.09. The minimum atomic E-state index is -4.31. The molecule has 0 radical (unpaired) electrons. The molecule has 21 heavy (non-hydrogen) atoms. The van der Waals surface area contributed by atoms with Crippen LogP contribution in [-0.2, 0) is 6.18 Å². The van der Waals surface area contributed by atoms with E-state index in [-0.39, 0.29) is 0 Å². The van der Waals surface area contributed by atoms with Gasteiger partial charge in [0, 0.05) is 12.2 Å². The molecule has 1 N–H and O–H groups in total. The summed E-state index contributed by atoms with van der Waals surface area (Å²) in [6.45, 7) is 5.37. The molecule has 2 nitrogen and oxygen atoms in total. The first-order valence-electron chi connectivity index (χ1n) is 7.33. The van der Waals surface area contributed by atoms with E-state index in [1.165, 1.54) is 17.8 Å². The van der Waals surface area contributed by atoms with E-state index in [1.54, 1.807) is 0 Å². The monoisotopic (exact) mass is 320 g/mol. The van der Waals surface area contributed by atoms with Gasteiger partial charge in [-0.2, -0.15) is 13.2 Å². The quantitative estimate of drug-likeness (QED) is 0.525. The Morgan fingerprint density at radius 2 is 2.05 bits per heavy atom. The Morgan fingerprint density at radius 1 is 1.29 bits per heavy atom. The largest absolute Gasteiger partial charge is 0.417 e. The zero-order chi connectivity index (χ0) is 15.7. The van der Waals surface area contributed by atoms with Gasteiger partial charge >= 0.3 is 6.18 Å². The van der Waals surface area contributed by atoms with E-state index in [1.807, 2.05) is 0 Å². The number of rotatable bonds is 9. The third-order valence-corrected chi connectivity index (χ3v) is 4.12. The van der Waals surface area contributed by atoms with Crippen molar-refractivity contribution in [2.75, 3.05) is 12.3 Å². The topological polar surface area (TPSA) is 24.9 Å². The molecule has 1 unspecified atom stereocenters. The molecule has 1 rings (SSSR count). The average Bonchev–Trinajstić information content (AvgIpc) is 2.44. The summed E-state index contributed by atoms with van der Waals surface area (Å²) < 4.78 is 37.2. The molecule has 0 saturated heterocycles. The molecule has 0 spiro atoms. The number of thioether (sulfide) groups is 1. The molecule has 0 bridgehead atoms. The number of hydrogen-bond donors (Lipinski definition) is 1. The van der Waals surface area contributed by atoms with Crippen LogP contribution in [0.1, 0.15) is 45.1 Å². The predicted molar refractivity (Wildman–Crippen MR) is 81.6 cm³/mol. The standard InChI is InChI=1S/C15H23F3N2S/c1-3-9-19-12(2)6-4-5-10-21-14-8-7-13(11-20-14)15(16,17)18/h7-8,11-12,19H,3-6,9-10H2,1-2H3. The Balaban J connectivity index is 2.18. The van der Waals surface area contributed by atoms with E-state index in [9.17, 15) is 13.2 Å². The fraction of sp³-hybridized carbons (Fsp3) is 0.667. The Morgan fingerprint density at radius 3 is 2.62 bits per heavy atom. The fourth-order valence-electron chi connectivity index (χ4n) is 1.86. The van der Waals surface area contributed by atoms with Crippen LogP contribution in [0.2, 0.25) is 0 Å². The van der Waals surface area contributed by atoms with Crippen molar-refractivity contribution < 1.29 is 13.2 Å². The van der Waals surface area contributed by atoms with Gasteiger partial charge in [-0.05, 0) is 50.6 Å². The van der Waals surface area contributed by atoms with Crippen LogP contribution < -0.4 is 5.32 Å². The highest BCUT2D eigenvalue weighted by Crippen LogP contribution is 2.29. The van der Waals surface area contributed by atoms with Crippen LogP contribution in [0.5, 0.6) is 0 Å². The summed E-state index contributed by atoms with van der Waals surface area (Å²) >= 11 is 1.51. The van der Waals surface area contributed by atoms with Crippen molar-refractivity contribution in [3.05, 3.63) is 23.9 Å². The lowest BCUT2D eigenvalue weighted by Gasteiger charge is -2.12. The minimum absolute atomic E-state index is 0.527. The van der Waals surface area contributed by atoms with Crippen molar-refractivity contribution in [2.24, 2.45) is 0 Å². The highest BCUT2D eigenvalue weighted by atomic mass is 32.2. The lowest BCUT2D eigenvalue weighted by atomic mass is 10.1. The highest BCUT2D eigenvalue weighted by molar-refractivity contribution is 7.99. The number of alkyl halides is 3. The first kappa shape index (κ1) is 18.3. The van der Waals surface area contributed by atoms with Crippen LogP contribution in [0, 0.1) is 0 Å². The van der Waals surface area contributed by atoms with Crippen molar-refractivity contribution >= 4 is 11.8 Å². The molecule has 0 amide bonds. The first-order chi connectivity index (χ1) is 9.93. The molecule has 0 fully saturated rings. The van der Waals surface area contributed by atoms with E-state index in [2.05, 4.69) is 24.1 Å². The molecule has 0 aliphatic heterocycles. The van der Waals surface area contributed by atoms with Gasteiger partial charge in [-0.15, -0.1) is 11.8 Å². The third kappa shape index (κ3) is 7.71. The Kier molecular flexibility index (Phi) is 8.11. The fourth-order valence-corrected chi connectivity index (χ4v) is 2.70. The summed E-state index contributed by atoms with van der Waals surface area (Å²) in [5.41, 5.74) is -0.692. The molecule has 1 aromatic rings. The second-order valence-corrected chi connectivity index (χ2v) is 6.20. The molecule has 1 aromatic heterocycles. The summed E-state index contributed by atoms with van der Waals surface area (Å²) in [6.07, 6.45) is 1.02. The van der Waals surface area contributed by atoms with E-state index in [4.69, 9.17) is 0 Å². The van der Waals surface area contributed by atoms with Gasteiger partial charge in [0.25, 0.3) is 0 Å². The van der Waals surface area contributed by atoms with Crippen LogP contribution in [-0.4, -0.2) is 23.3 Å². The number of unbranched alkanes of at least 4 members (excludes halogenated alkanes) is 1. The van der Waals surface area contributed by atoms with E-state index < -0.39 is 11.7 Å². The normalized spacial score (nSPS) is 13.4. The van der Waals surface area contributed by atoms with Crippen LogP contribution in [0.4, 0.5) is 13.2 Å². The van der Waals surface area contributed by atoms with Crippen LogP contribution >= 0.6 is 11.8 Å². The molecule has 0 aliphatic carbocycles. The van der Waals surface area contributed by atoms with Crippen molar-refractivity contribution in [3.63, 3.8) is 0 Å². The Labute approximate surface area is 128 Å². The van der Waals surface area contributed by atoms with Crippen LogP contribution in [0.3, 0.4) is 0 Å². The maximum absolute atomic E-state index is 12.4. The minimum Gasteiger partial charge on any atom is -0.314 e. The second-order valence-electron chi connectivity index (χ2n) is 5.08. The van der Waals surface area contributed by atoms with Gasteiger partial charge in [0.05, 0.1) is 10.6 Å². The Hall–Kier alpha value is -0.750. The SMILES string of the molecule is CCCNC(C)CCCCSc1ccc(C(F)(F)F)cn1. The molecular weight excluding hydrogens is 297 g/mol.